The summed E-state index contributed by atoms with van der Waals surface area (Å²) >= 11 is 5.03. The molecule has 340 valence electrons. The summed E-state index contributed by atoms with van der Waals surface area (Å²) in [4.78, 5) is 4.57. The van der Waals surface area contributed by atoms with Gasteiger partial charge in [0.2, 0.25) is 0 Å². The molecule has 4 heterocycles. The minimum atomic E-state index is -5.79. The molecule has 4 nitrogen and oxygen atoms in total. The quantitative estimate of drug-likeness (QED) is 0.0716. The third-order valence-corrected chi connectivity index (χ3v) is 16.8. The molecular weight excluding hydrogens is 915 g/mol. The van der Waals surface area contributed by atoms with Crippen LogP contribution in [-0.2, 0) is 10.8 Å². The molecule has 65 heavy (non-hydrogen) atoms. The molecule has 1 aliphatic carbocycles. The first-order chi connectivity index (χ1) is 30.7. The van der Waals surface area contributed by atoms with Crippen LogP contribution in [0.15, 0.2) is 84.9 Å². The van der Waals surface area contributed by atoms with Crippen molar-refractivity contribution in [1.29, 1.82) is 10.5 Å². The zero-order chi connectivity index (χ0) is 47.0. The Bertz CT molecular complexity index is 2560. The summed E-state index contributed by atoms with van der Waals surface area (Å²) in [5, 5.41) is 17.7. The fourth-order valence-electron chi connectivity index (χ4n) is 7.40. The van der Waals surface area contributed by atoms with E-state index in [4.69, 9.17) is 20.0 Å². The molecular formula is C51H48F6N2O2S4. The molecule has 4 aromatic heterocycles. The minimum absolute atomic E-state index is 0.133. The molecule has 0 aliphatic heterocycles. The van der Waals surface area contributed by atoms with Gasteiger partial charge in [0.1, 0.15) is 11.5 Å². The van der Waals surface area contributed by atoms with Gasteiger partial charge in [0.05, 0.1) is 25.4 Å². The maximum atomic E-state index is 17.0. The summed E-state index contributed by atoms with van der Waals surface area (Å²) in [6.07, 6.45) is 3.36. The predicted octanol–water partition coefficient (Wildman–Crippen LogP) is 17.2. The molecule has 7 rings (SSSR count). The van der Waals surface area contributed by atoms with E-state index >= 15 is 26.3 Å². The molecule has 0 bridgehead atoms. The van der Waals surface area contributed by atoms with Crippen LogP contribution < -0.4 is 9.47 Å². The first kappa shape index (κ1) is 48.1. The molecule has 2 aromatic carbocycles. The lowest BCUT2D eigenvalue weighted by molar-refractivity contribution is -0.254. The van der Waals surface area contributed by atoms with Crippen molar-refractivity contribution in [3.63, 3.8) is 0 Å². The highest BCUT2D eigenvalue weighted by atomic mass is 32.1. The number of thiophene rings is 4. The summed E-state index contributed by atoms with van der Waals surface area (Å²) < 4.78 is 112. The fraction of sp³-hybridized carbons (Fsp3) is 0.373. The summed E-state index contributed by atoms with van der Waals surface area (Å²) in [7, 11) is 0. The van der Waals surface area contributed by atoms with E-state index in [2.05, 4.69) is 12.1 Å². The second kappa shape index (κ2) is 18.8. The highest BCUT2D eigenvalue weighted by molar-refractivity contribution is 7.24. The van der Waals surface area contributed by atoms with Gasteiger partial charge < -0.3 is 9.47 Å². The number of nitriles is 2. The summed E-state index contributed by atoms with van der Waals surface area (Å²) in [5.74, 6) is -15.5. The van der Waals surface area contributed by atoms with Gasteiger partial charge in [0, 0.05) is 74.1 Å². The topological polar surface area (TPSA) is 66.0 Å². The maximum absolute atomic E-state index is 17.0. The highest BCUT2D eigenvalue weighted by Crippen LogP contribution is 2.67. The van der Waals surface area contributed by atoms with Crippen LogP contribution in [0.3, 0.4) is 0 Å². The number of nitrogens with zero attached hydrogens (tertiary/aromatic N) is 2. The second-order valence-corrected chi connectivity index (χ2v) is 22.3. The molecule has 0 saturated heterocycles. The Morgan fingerprint density at radius 2 is 0.862 bits per heavy atom. The van der Waals surface area contributed by atoms with Crippen molar-refractivity contribution in [3.8, 4) is 64.0 Å². The molecule has 1 aliphatic rings. The summed E-state index contributed by atoms with van der Waals surface area (Å²) in [6, 6.07) is 27.5. The van der Waals surface area contributed by atoms with Crippen LogP contribution in [-0.4, -0.2) is 31.0 Å². The number of hydrogen-bond acceptors (Lipinski definition) is 8. The van der Waals surface area contributed by atoms with Gasteiger partial charge in [0.15, 0.2) is 0 Å². The average molecular weight is 963 g/mol. The van der Waals surface area contributed by atoms with Gasteiger partial charge in [-0.3, -0.25) is 0 Å². The van der Waals surface area contributed by atoms with Crippen molar-refractivity contribution < 1.29 is 35.8 Å². The second-order valence-electron chi connectivity index (χ2n) is 18.0. The van der Waals surface area contributed by atoms with Gasteiger partial charge in [-0.1, -0.05) is 41.5 Å². The molecule has 0 amide bonds. The van der Waals surface area contributed by atoms with Crippen LogP contribution in [0, 0.1) is 22.7 Å². The van der Waals surface area contributed by atoms with Crippen LogP contribution in [0.5, 0.6) is 11.5 Å². The lowest BCUT2D eigenvalue weighted by atomic mass is 9.92. The molecule has 0 N–H and O–H groups in total. The number of benzene rings is 2. The van der Waals surface area contributed by atoms with E-state index in [0.29, 0.717) is 93.9 Å². The van der Waals surface area contributed by atoms with E-state index in [1.165, 1.54) is 34.8 Å². The van der Waals surface area contributed by atoms with Gasteiger partial charge in [-0.15, -0.1) is 45.3 Å². The molecule has 0 unspecified atom stereocenters. The fourth-order valence-corrected chi connectivity index (χ4v) is 12.0. The lowest BCUT2D eigenvalue weighted by Gasteiger charge is -2.26. The van der Waals surface area contributed by atoms with Gasteiger partial charge in [-0.25, -0.2) is 0 Å². The summed E-state index contributed by atoms with van der Waals surface area (Å²) in [6.45, 7) is 12.9. The first-order valence-electron chi connectivity index (χ1n) is 21.3. The van der Waals surface area contributed by atoms with E-state index in [1.54, 1.807) is 48.5 Å². The maximum Gasteiger partial charge on any atom is 0.380 e. The number of allylic oxidation sites excluding steroid dienone is 2. The monoisotopic (exact) mass is 962 g/mol. The van der Waals surface area contributed by atoms with Crippen molar-refractivity contribution in [2.24, 2.45) is 0 Å². The number of halogens is 6. The Morgan fingerprint density at radius 3 is 1.18 bits per heavy atom. The molecule has 0 radical (unpaired) electrons. The van der Waals surface area contributed by atoms with Crippen LogP contribution in [0.1, 0.15) is 101 Å². The summed E-state index contributed by atoms with van der Waals surface area (Å²) in [5.41, 5.74) is -3.40. The number of hydrogen-bond donors (Lipinski definition) is 0. The average Bonchev–Trinajstić information content (AvgIpc) is 4.09. The van der Waals surface area contributed by atoms with Gasteiger partial charge in [-0.05, 0) is 133 Å². The minimum Gasteiger partial charge on any atom is -0.494 e. The standard InChI is InChI=1S/C51H48F6N2O2S4/c1-47(2,3)41-23-21-37(62-41)39-29-35(45(64-39)31-13-17-33(18-14-31)60-27-11-7-9-25-58)43-44(50(54,55)51(56,57)49(43,52)53)36-30-40(38-22-24-42(63-38)48(4,5)6)65-46(36)32-15-19-34(20-16-32)61-28-12-8-10-26-59/h13-24,29-30H,7-12,27-28H2,1-6H3. The predicted molar refractivity (Wildman–Crippen MR) is 255 cm³/mol. The Kier molecular flexibility index (Phi) is 13.9. The first-order valence-corrected chi connectivity index (χ1v) is 24.5. The van der Waals surface area contributed by atoms with Crippen LogP contribution in [0.2, 0.25) is 0 Å². The number of alkyl halides is 6. The Morgan fingerprint density at radius 1 is 0.492 bits per heavy atom. The molecule has 0 spiro atoms. The van der Waals surface area contributed by atoms with Crippen LogP contribution >= 0.6 is 45.3 Å². The van der Waals surface area contributed by atoms with E-state index in [0.717, 1.165) is 32.4 Å². The normalized spacial score (nSPS) is 15.5. The van der Waals surface area contributed by atoms with Crippen molar-refractivity contribution in [2.45, 2.75) is 109 Å². The van der Waals surface area contributed by atoms with E-state index < -0.39 is 40.0 Å². The largest absolute Gasteiger partial charge is 0.494 e. The number of rotatable bonds is 16. The van der Waals surface area contributed by atoms with Gasteiger partial charge in [-0.2, -0.15) is 36.9 Å². The van der Waals surface area contributed by atoms with E-state index in [-0.39, 0.29) is 20.6 Å². The van der Waals surface area contributed by atoms with Gasteiger partial charge >= 0.3 is 17.8 Å². The Labute approximate surface area is 392 Å². The van der Waals surface area contributed by atoms with Crippen molar-refractivity contribution >= 4 is 56.5 Å². The molecule has 0 saturated carbocycles. The van der Waals surface area contributed by atoms with E-state index in [1.807, 2.05) is 65.8 Å². The van der Waals surface area contributed by atoms with Crippen molar-refractivity contribution in [1.82, 2.24) is 0 Å². The van der Waals surface area contributed by atoms with Crippen LogP contribution in [0.4, 0.5) is 26.3 Å². The van der Waals surface area contributed by atoms with Gasteiger partial charge in [0.25, 0.3) is 0 Å². The van der Waals surface area contributed by atoms with Crippen molar-refractivity contribution in [2.75, 3.05) is 13.2 Å². The van der Waals surface area contributed by atoms with Crippen LogP contribution in [0.25, 0.3) is 51.5 Å². The van der Waals surface area contributed by atoms with E-state index in [9.17, 15) is 0 Å². The lowest BCUT2D eigenvalue weighted by Crippen LogP contribution is -2.48. The number of ether oxygens (including phenoxy) is 2. The smallest absolute Gasteiger partial charge is 0.380 e. The Hall–Kier alpha value is -4.86. The zero-order valence-corrected chi connectivity index (χ0v) is 40.1. The zero-order valence-electron chi connectivity index (χ0n) is 36.9. The number of unbranched alkanes of at least 4 members (excludes halogenated alkanes) is 4. The SMILES string of the molecule is CC(C)(C)c1ccc(-c2cc(C3=C(c4cc(-c5ccc(C(C)(C)C)s5)sc4-c4ccc(OCCCCC#N)cc4)C(F)(F)C(F)(F)C3(F)F)c(-c3ccc(OCCCCC#N)cc3)s2)s1. The molecule has 14 heteroatoms. The third-order valence-electron chi connectivity index (χ3n) is 11.0. The molecule has 0 fully saturated rings. The molecule has 0 atom stereocenters. The highest BCUT2D eigenvalue weighted by Gasteiger charge is 2.80. The molecule has 6 aromatic rings. The Balaban J connectivity index is 1.44. The van der Waals surface area contributed by atoms with Crippen molar-refractivity contribution in [3.05, 3.63) is 106 Å². The third kappa shape index (κ3) is 9.69.